The van der Waals surface area contributed by atoms with Crippen molar-refractivity contribution in [1.29, 1.82) is 0 Å². The van der Waals surface area contributed by atoms with Crippen LogP contribution in [0.5, 0.6) is 23.0 Å². The van der Waals surface area contributed by atoms with Gasteiger partial charge in [-0.3, -0.25) is 28.8 Å². The molecule has 0 spiro atoms. The van der Waals surface area contributed by atoms with Crippen LogP contribution in [0.25, 0.3) is 0 Å². The van der Waals surface area contributed by atoms with Crippen LogP contribution in [0.3, 0.4) is 0 Å². The first-order valence-corrected chi connectivity index (χ1v) is 21.1. The first-order valence-electron chi connectivity index (χ1n) is 17.4. The van der Waals surface area contributed by atoms with Crippen LogP contribution in [-0.4, -0.2) is 39.2 Å². The molecule has 0 saturated heterocycles. The van der Waals surface area contributed by atoms with Crippen LogP contribution in [0.2, 0.25) is 10.0 Å². The minimum atomic E-state index is -4.02. The van der Waals surface area contributed by atoms with E-state index in [0.29, 0.717) is 22.4 Å². The number of halogens is 4. The van der Waals surface area contributed by atoms with E-state index in [1.807, 2.05) is 0 Å². The largest absolute Gasteiger partial charge is 0.456 e. The van der Waals surface area contributed by atoms with Gasteiger partial charge < -0.3 is 9.47 Å². The van der Waals surface area contributed by atoms with Crippen molar-refractivity contribution in [3.8, 4) is 23.0 Å². The highest BCUT2D eigenvalue weighted by atomic mass is 35.5. The third kappa shape index (κ3) is 11.7. The number of sulfonamides is 2. The number of carbonyl (C=O) groups excluding carboxylic acids is 3. The van der Waals surface area contributed by atoms with Gasteiger partial charge in [0, 0.05) is 47.4 Å². The molecule has 1 heterocycles. The molecule has 2 N–H and O–H groups in total. The number of hydrogen-bond donors (Lipinski definition) is 2. The van der Waals surface area contributed by atoms with Crippen LogP contribution >= 0.6 is 23.2 Å². The topological polar surface area (TPSA) is 175 Å². The number of nitrogens with one attached hydrogen (secondary N) is 2. The minimum absolute atomic E-state index is 0.0118. The second-order valence-electron chi connectivity index (χ2n) is 12.9. The zero-order valence-corrected chi connectivity index (χ0v) is 35.1. The standard InChI is InChI=1S/C21H16ClF2NO4S.C21H17ClN2O5S/c1-12-3-6-21(19(22)7-12)30(27,28)25-16-4-5-20(18(11-16)13(2)26)29-17-9-14(23)8-15(24)10-17;1-13(25)15-3-6-19(7-4-15)30(27,28)24-17-5-8-21(20(10-17)14(2)26)29-18-9-16(22)11-23-12-18/h3-11,25H,1-2H3;3-12,24H,1-2H3. The van der Waals surface area contributed by atoms with E-state index in [-0.39, 0.29) is 66.1 Å². The molecule has 6 aromatic rings. The zero-order valence-electron chi connectivity index (χ0n) is 31.9. The number of rotatable bonds is 13. The SMILES string of the molecule is CC(=O)c1cc(NS(=O)(=O)c2ccc(C)cc2Cl)ccc1Oc1cc(F)cc(F)c1.CC(=O)c1ccc(S(=O)(=O)Nc2ccc(Oc3cncc(Cl)c3)c(C(C)=O)c2)cc1. The fourth-order valence-electron chi connectivity index (χ4n) is 5.32. The van der Waals surface area contributed by atoms with Crippen molar-refractivity contribution >= 4 is 72.0 Å². The molecule has 1 aromatic heterocycles. The summed E-state index contributed by atoms with van der Waals surface area (Å²) in [6, 6.07) is 22.5. The van der Waals surface area contributed by atoms with Crippen molar-refractivity contribution < 1.29 is 49.5 Å². The number of hydrogen-bond acceptors (Lipinski definition) is 10. The number of ether oxygens (including phenoxy) is 2. The van der Waals surface area contributed by atoms with E-state index in [4.69, 9.17) is 32.7 Å². The van der Waals surface area contributed by atoms with Gasteiger partial charge in [0.25, 0.3) is 20.0 Å². The smallest absolute Gasteiger partial charge is 0.263 e. The molecule has 12 nitrogen and oxygen atoms in total. The lowest BCUT2D eigenvalue weighted by Gasteiger charge is -2.14. The van der Waals surface area contributed by atoms with Gasteiger partial charge in [-0.25, -0.2) is 25.6 Å². The van der Waals surface area contributed by atoms with E-state index in [2.05, 4.69) is 14.4 Å². The Bertz CT molecular complexity index is 2840. The molecule has 0 aliphatic heterocycles. The number of carbonyl (C=O) groups is 3. The van der Waals surface area contributed by atoms with Crippen LogP contribution in [0.1, 0.15) is 57.4 Å². The summed E-state index contributed by atoms with van der Waals surface area (Å²) in [6.07, 6.45) is 2.89. The van der Waals surface area contributed by atoms with E-state index >= 15 is 0 Å². The molecule has 18 heteroatoms. The van der Waals surface area contributed by atoms with Gasteiger partial charge in [0.15, 0.2) is 17.3 Å². The Balaban J connectivity index is 0.000000228. The summed E-state index contributed by atoms with van der Waals surface area (Å²) in [5, 5.41) is 0.430. The molecule has 0 aliphatic rings. The molecule has 5 aromatic carbocycles. The van der Waals surface area contributed by atoms with E-state index in [0.717, 1.165) is 17.7 Å². The van der Waals surface area contributed by atoms with E-state index in [1.165, 1.54) is 106 Å². The summed E-state index contributed by atoms with van der Waals surface area (Å²) >= 11 is 11.9. The highest BCUT2D eigenvalue weighted by Gasteiger charge is 2.21. The molecule has 310 valence electrons. The fourth-order valence-corrected chi connectivity index (χ4v) is 8.18. The third-order valence-electron chi connectivity index (χ3n) is 8.14. The van der Waals surface area contributed by atoms with Gasteiger partial charge in [-0.05, 0) is 93.9 Å². The van der Waals surface area contributed by atoms with Crippen LogP contribution in [-0.2, 0) is 20.0 Å². The average molecular weight is 897 g/mol. The van der Waals surface area contributed by atoms with Crippen LogP contribution in [0.15, 0.2) is 125 Å². The summed E-state index contributed by atoms with van der Waals surface area (Å²) in [4.78, 5) is 39.3. The van der Waals surface area contributed by atoms with Crippen LogP contribution in [0, 0.1) is 18.6 Å². The molecule has 6 rings (SSSR count). The van der Waals surface area contributed by atoms with Gasteiger partial charge in [-0.1, -0.05) is 41.4 Å². The second-order valence-corrected chi connectivity index (χ2v) is 17.1. The molecule has 0 radical (unpaired) electrons. The number of aromatic nitrogens is 1. The lowest BCUT2D eigenvalue weighted by molar-refractivity contribution is 0.100. The van der Waals surface area contributed by atoms with Crippen molar-refractivity contribution in [2.24, 2.45) is 0 Å². The normalized spacial score (nSPS) is 11.1. The summed E-state index contributed by atoms with van der Waals surface area (Å²) in [6.45, 7) is 5.77. The monoisotopic (exact) mass is 895 g/mol. The maximum atomic E-state index is 13.4. The predicted molar refractivity (Wildman–Crippen MR) is 223 cm³/mol. The maximum Gasteiger partial charge on any atom is 0.263 e. The molecule has 0 amide bonds. The zero-order chi connectivity index (χ0) is 43.9. The Hall–Kier alpha value is -6.20. The van der Waals surface area contributed by atoms with Gasteiger partial charge in [0.05, 0.1) is 32.3 Å². The van der Waals surface area contributed by atoms with Gasteiger partial charge in [0.1, 0.15) is 39.5 Å². The molecule has 0 atom stereocenters. The molecule has 0 aliphatic carbocycles. The van der Waals surface area contributed by atoms with E-state index in [1.54, 1.807) is 19.1 Å². The Kier molecular flexibility index (Phi) is 14.1. The van der Waals surface area contributed by atoms with Crippen molar-refractivity contribution in [2.75, 3.05) is 9.44 Å². The molecule has 60 heavy (non-hydrogen) atoms. The van der Waals surface area contributed by atoms with Crippen molar-refractivity contribution in [3.63, 3.8) is 0 Å². The number of pyridine rings is 1. The first kappa shape index (κ1) is 44.9. The number of anilines is 2. The third-order valence-corrected chi connectivity index (χ3v) is 11.6. The highest BCUT2D eigenvalue weighted by Crippen LogP contribution is 2.33. The molecule has 0 unspecified atom stereocenters. The van der Waals surface area contributed by atoms with Crippen LogP contribution < -0.4 is 18.9 Å². The minimum Gasteiger partial charge on any atom is -0.456 e. The summed E-state index contributed by atoms with van der Waals surface area (Å²) in [5.41, 5.74) is 1.69. The fraction of sp³-hybridized carbons (Fsp3) is 0.0952. The number of Topliss-reactive ketones (excluding diaryl/α,β-unsaturated/α-hetero) is 3. The van der Waals surface area contributed by atoms with Crippen LogP contribution in [0.4, 0.5) is 20.2 Å². The van der Waals surface area contributed by atoms with Gasteiger partial charge >= 0.3 is 0 Å². The Morgan fingerprint density at radius 1 is 0.600 bits per heavy atom. The van der Waals surface area contributed by atoms with Crippen molar-refractivity contribution in [1.82, 2.24) is 4.98 Å². The van der Waals surface area contributed by atoms with Gasteiger partial charge in [-0.2, -0.15) is 0 Å². The van der Waals surface area contributed by atoms with E-state index < -0.39 is 37.5 Å². The predicted octanol–water partition coefficient (Wildman–Crippen LogP) is 10.5. The Morgan fingerprint density at radius 2 is 1.13 bits per heavy atom. The van der Waals surface area contributed by atoms with E-state index in [9.17, 15) is 40.0 Å². The number of nitrogens with zero attached hydrogens (tertiary/aromatic N) is 1. The highest BCUT2D eigenvalue weighted by molar-refractivity contribution is 7.93. The average Bonchev–Trinajstić information content (AvgIpc) is 3.15. The lowest BCUT2D eigenvalue weighted by atomic mass is 10.1. The summed E-state index contributed by atoms with van der Waals surface area (Å²) < 4.78 is 93.3. The van der Waals surface area contributed by atoms with Gasteiger partial charge in [0.2, 0.25) is 0 Å². The lowest BCUT2D eigenvalue weighted by Crippen LogP contribution is -2.14. The maximum absolute atomic E-state index is 13.4. The molecular weight excluding hydrogens is 864 g/mol. The quantitative estimate of drug-likeness (QED) is 0.106. The number of benzene rings is 5. The Morgan fingerprint density at radius 3 is 1.63 bits per heavy atom. The number of ketones is 3. The van der Waals surface area contributed by atoms with Gasteiger partial charge in [-0.15, -0.1) is 0 Å². The molecule has 0 saturated carbocycles. The Labute approximate surface area is 354 Å². The second kappa shape index (κ2) is 18.8. The summed E-state index contributed by atoms with van der Waals surface area (Å²) in [7, 11) is -7.94. The van der Waals surface area contributed by atoms with Crippen molar-refractivity contribution in [2.45, 2.75) is 37.5 Å². The summed E-state index contributed by atoms with van der Waals surface area (Å²) in [5.74, 6) is -2.14. The molecular formula is C42H33Cl2F2N3O9S2. The molecule has 0 fully saturated rings. The molecule has 0 bridgehead atoms. The first-order chi connectivity index (χ1) is 28.2. The number of aryl methyl sites for hydroxylation is 1. The van der Waals surface area contributed by atoms with Crippen molar-refractivity contribution in [3.05, 3.63) is 159 Å².